The minimum atomic E-state index is -3.45. The predicted molar refractivity (Wildman–Crippen MR) is 95.7 cm³/mol. The van der Waals surface area contributed by atoms with E-state index in [1.807, 2.05) is 0 Å². The Balaban J connectivity index is 2.15. The monoisotopic (exact) mass is 383 g/mol. The Morgan fingerprint density at radius 2 is 1.69 bits per heavy atom. The Hall–Kier alpha value is -1.93. The fourth-order valence-corrected chi connectivity index (χ4v) is 4.32. The molecule has 0 atom stereocenters. The SMILES string of the molecule is COCCS(=O)(=O)c1ccc(C(=O)NC2(C(=O)OC)CCCCC2)cc1. The van der Waals surface area contributed by atoms with E-state index in [4.69, 9.17) is 9.47 Å². The number of carbonyl (C=O) groups excluding carboxylic acids is 2. The molecular weight excluding hydrogens is 358 g/mol. The van der Waals surface area contributed by atoms with E-state index >= 15 is 0 Å². The van der Waals surface area contributed by atoms with Gasteiger partial charge in [-0.3, -0.25) is 4.79 Å². The van der Waals surface area contributed by atoms with Crippen molar-refractivity contribution in [1.82, 2.24) is 5.32 Å². The lowest BCUT2D eigenvalue weighted by molar-refractivity contribution is -0.149. The first kappa shape index (κ1) is 20.4. The Labute approximate surface area is 154 Å². The first-order valence-corrected chi connectivity index (χ1v) is 10.2. The van der Waals surface area contributed by atoms with Gasteiger partial charge in [0.15, 0.2) is 9.84 Å². The van der Waals surface area contributed by atoms with Gasteiger partial charge >= 0.3 is 5.97 Å². The number of amides is 1. The second kappa shape index (κ2) is 8.64. The summed E-state index contributed by atoms with van der Waals surface area (Å²) >= 11 is 0. The van der Waals surface area contributed by atoms with Crippen LogP contribution in [0.2, 0.25) is 0 Å². The van der Waals surface area contributed by atoms with Crippen LogP contribution in [0.3, 0.4) is 0 Å². The number of ether oxygens (including phenoxy) is 2. The average molecular weight is 383 g/mol. The fraction of sp³-hybridized carbons (Fsp3) is 0.556. The minimum Gasteiger partial charge on any atom is -0.467 e. The summed E-state index contributed by atoms with van der Waals surface area (Å²) in [5.74, 6) is -0.983. The number of methoxy groups -OCH3 is 2. The van der Waals surface area contributed by atoms with Crippen LogP contribution in [0, 0.1) is 0 Å². The molecule has 0 spiro atoms. The Kier molecular flexibility index (Phi) is 6.77. The third kappa shape index (κ3) is 4.62. The van der Waals surface area contributed by atoms with Crippen molar-refractivity contribution < 1.29 is 27.5 Å². The van der Waals surface area contributed by atoms with Crippen LogP contribution in [0.1, 0.15) is 42.5 Å². The number of hydrogen-bond donors (Lipinski definition) is 1. The topological polar surface area (TPSA) is 98.8 Å². The Morgan fingerprint density at radius 3 is 2.23 bits per heavy atom. The third-order valence-corrected chi connectivity index (χ3v) is 6.36. The fourth-order valence-electron chi connectivity index (χ4n) is 3.14. The van der Waals surface area contributed by atoms with Crippen molar-refractivity contribution in [1.29, 1.82) is 0 Å². The minimum absolute atomic E-state index is 0.103. The van der Waals surface area contributed by atoms with Crippen LogP contribution in [0.4, 0.5) is 0 Å². The molecule has 0 aliphatic heterocycles. The molecule has 1 N–H and O–H groups in total. The van der Waals surface area contributed by atoms with Gasteiger partial charge in [-0.2, -0.15) is 0 Å². The standard InChI is InChI=1S/C18H25NO6S/c1-24-12-13-26(22,23)15-8-6-14(7-9-15)16(20)19-18(17(21)25-2)10-4-3-5-11-18/h6-9H,3-5,10-13H2,1-2H3,(H,19,20). The first-order valence-electron chi connectivity index (χ1n) is 8.57. The quantitative estimate of drug-likeness (QED) is 0.720. The van der Waals surface area contributed by atoms with E-state index in [1.54, 1.807) is 0 Å². The zero-order chi connectivity index (χ0) is 19.2. The van der Waals surface area contributed by atoms with E-state index in [0.717, 1.165) is 19.3 Å². The molecule has 7 nitrogen and oxygen atoms in total. The van der Waals surface area contributed by atoms with Gasteiger partial charge in [0.1, 0.15) is 5.54 Å². The number of esters is 1. The summed E-state index contributed by atoms with van der Waals surface area (Å²) in [6.45, 7) is 0.103. The number of benzene rings is 1. The lowest BCUT2D eigenvalue weighted by Gasteiger charge is -2.35. The molecule has 0 aromatic heterocycles. The summed E-state index contributed by atoms with van der Waals surface area (Å²) in [6.07, 6.45) is 3.77. The molecule has 1 saturated carbocycles. The van der Waals surface area contributed by atoms with Crippen molar-refractivity contribution in [2.75, 3.05) is 26.6 Å². The summed E-state index contributed by atoms with van der Waals surface area (Å²) in [6, 6.07) is 5.68. The van der Waals surface area contributed by atoms with E-state index in [0.29, 0.717) is 18.4 Å². The normalized spacial score (nSPS) is 16.7. The van der Waals surface area contributed by atoms with Crippen LogP contribution in [0.25, 0.3) is 0 Å². The van der Waals surface area contributed by atoms with E-state index in [9.17, 15) is 18.0 Å². The van der Waals surface area contributed by atoms with Crippen molar-refractivity contribution in [2.24, 2.45) is 0 Å². The van der Waals surface area contributed by atoms with Crippen LogP contribution in [0.15, 0.2) is 29.2 Å². The number of hydrogen-bond acceptors (Lipinski definition) is 6. The molecule has 1 fully saturated rings. The van der Waals surface area contributed by atoms with E-state index in [1.165, 1.54) is 38.5 Å². The second-order valence-corrected chi connectivity index (χ2v) is 8.53. The molecule has 0 heterocycles. The molecule has 0 unspecified atom stereocenters. The number of sulfone groups is 1. The van der Waals surface area contributed by atoms with Crippen LogP contribution in [0.5, 0.6) is 0 Å². The van der Waals surface area contributed by atoms with Gasteiger partial charge in [-0.1, -0.05) is 19.3 Å². The molecule has 1 aromatic carbocycles. The maximum Gasteiger partial charge on any atom is 0.331 e. The molecule has 1 amide bonds. The van der Waals surface area contributed by atoms with E-state index in [2.05, 4.69) is 5.32 Å². The molecule has 2 rings (SSSR count). The van der Waals surface area contributed by atoms with Crippen molar-refractivity contribution in [3.05, 3.63) is 29.8 Å². The molecule has 0 saturated heterocycles. The average Bonchev–Trinajstić information content (AvgIpc) is 2.66. The van der Waals surface area contributed by atoms with Gasteiger partial charge in [-0.15, -0.1) is 0 Å². The molecule has 26 heavy (non-hydrogen) atoms. The van der Waals surface area contributed by atoms with Gasteiger partial charge in [0.25, 0.3) is 5.91 Å². The molecule has 8 heteroatoms. The zero-order valence-corrected chi connectivity index (χ0v) is 15.9. The Morgan fingerprint density at radius 1 is 1.08 bits per heavy atom. The van der Waals surface area contributed by atoms with E-state index < -0.39 is 27.3 Å². The Bertz CT molecular complexity index is 735. The van der Waals surface area contributed by atoms with E-state index in [-0.39, 0.29) is 17.3 Å². The maximum absolute atomic E-state index is 12.6. The highest BCUT2D eigenvalue weighted by Crippen LogP contribution is 2.29. The predicted octanol–water partition coefficient (Wildman–Crippen LogP) is 1.71. The van der Waals surface area contributed by atoms with Crippen molar-refractivity contribution in [3.8, 4) is 0 Å². The van der Waals surface area contributed by atoms with Crippen LogP contribution >= 0.6 is 0 Å². The molecule has 0 bridgehead atoms. The summed E-state index contributed by atoms with van der Waals surface area (Å²) in [7, 11) is -0.706. The molecule has 0 radical (unpaired) electrons. The van der Waals surface area contributed by atoms with Gasteiger partial charge in [-0.05, 0) is 37.1 Å². The number of nitrogens with one attached hydrogen (secondary N) is 1. The van der Waals surface area contributed by atoms with Gasteiger partial charge < -0.3 is 14.8 Å². The van der Waals surface area contributed by atoms with Crippen molar-refractivity contribution in [2.45, 2.75) is 42.5 Å². The first-order chi connectivity index (χ1) is 12.3. The van der Waals surface area contributed by atoms with Crippen LogP contribution in [-0.4, -0.2) is 52.4 Å². The lowest BCUT2D eigenvalue weighted by atomic mass is 9.81. The maximum atomic E-state index is 12.6. The summed E-state index contributed by atoms with van der Waals surface area (Å²) in [5.41, 5.74) is -0.711. The molecule has 144 valence electrons. The van der Waals surface area contributed by atoms with Crippen molar-refractivity contribution in [3.63, 3.8) is 0 Å². The smallest absolute Gasteiger partial charge is 0.331 e. The molecule has 1 aliphatic carbocycles. The van der Waals surface area contributed by atoms with Crippen molar-refractivity contribution >= 4 is 21.7 Å². The highest BCUT2D eigenvalue weighted by molar-refractivity contribution is 7.91. The number of rotatable bonds is 7. The zero-order valence-electron chi connectivity index (χ0n) is 15.1. The lowest BCUT2D eigenvalue weighted by Crippen LogP contribution is -2.56. The summed E-state index contributed by atoms with van der Waals surface area (Å²) in [4.78, 5) is 24.9. The second-order valence-electron chi connectivity index (χ2n) is 6.42. The highest BCUT2D eigenvalue weighted by Gasteiger charge is 2.42. The molecule has 1 aromatic rings. The van der Waals surface area contributed by atoms with Gasteiger partial charge in [0.05, 0.1) is 24.4 Å². The largest absolute Gasteiger partial charge is 0.467 e. The number of carbonyl (C=O) groups is 2. The molecule has 1 aliphatic rings. The summed E-state index contributed by atoms with van der Waals surface area (Å²) in [5, 5.41) is 2.81. The summed E-state index contributed by atoms with van der Waals surface area (Å²) < 4.78 is 33.9. The van der Waals surface area contributed by atoms with Gasteiger partial charge in [-0.25, -0.2) is 13.2 Å². The van der Waals surface area contributed by atoms with Gasteiger partial charge in [0.2, 0.25) is 0 Å². The van der Waals surface area contributed by atoms with Crippen LogP contribution in [-0.2, 0) is 24.1 Å². The molecular formula is C18H25NO6S. The van der Waals surface area contributed by atoms with Gasteiger partial charge in [0, 0.05) is 12.7 Å². The third-order valence-electron chi connectivity index (χ3n) is 4.67. The van der Waals surface area contributed by atoms with Crippen LogP contribution < -0.4 is 5.32 Å². The highest BCUT2D eigenvalue weighted by atomic mass is 32.2.